The van der Waals surface area contributed by atoms with Crippen molar-refractivity contribution >= 4 is 12.0 Å². The van der Waals surface area contributed by atoms with Crippen molar-refractivity contribution in [3.8, 4) is 6.07 Å². The molecule has 2 aromatic carbocycles. The first kappa shape index (κ1) is 15.5. The molecule has 110 valence electrons. The van der Waals surface area contributed by atoms with Crippen molar-refractivity contribution < 1.29 is 4.79 Å². The highest BCUT2D eigenvalue weighted by atomic mass is 16.1. The second kappa shape index (κ2) is 6.73. The standard InChI is InChI=1S/C19H18N2O/c1-19(2,17-6-4-3-5-7-17)21-18(22)13-12-15-8-10-16(14-20)11-9-15/h3-13H,1-2H3,(H,21,22)/b13-12+. The predicted octanol–water partition coefficient (Wildman–Crippen LogP) is 3.62. The summed E-state index contributed by atoms with van der Waals surface area (Å²) in [7, 11) is 0. The minimum absolute atomic E-state index is 0.154. The molecule has 22 heavy (non-hydrogen) atoms. The number of carbonyl (C=O) groups is 1. The lowest BCUT2D eigenvalue weighted by Gasteiger charge is -2.26. The van der Waals surface area contributed by atoms with E-state index in [0.717, 1.165) is 11.1 Å². The monoisotopic (exact) mass is 290 g/mol. The molecule has 2 rings (SSSR count). The summed E-state index contributed by atoms with van der Waals surface area (Å²) in [5, 5.41) is 11.7. The molecule has 2 aromatic rings. The maximum Gasteiger partial charge on any atom is 0.244 e. The van der Waals surface area contributed by atoms with Crippen LogP contribution in [-0.2, 0) is 10.3 Å². The van der Waals surface area contributed by atoms with Gasteiger partial charge in [0.25, 0.3) is 0 Å². The van der Waals surface area contributed by atoms with Crippen molar-refractivity contribution in [2.45, 2.75) is 19.4 Å². The van der Waals surface area contributed by atoms with Gasteiger partial charge in [-0.05, 0) is 43.2 Å². The highest BCUT2D eigenvalue weighted by molar-refractivity contribution is 5.92. The number of rotatable bonds is 4. The molecule has 0 heterocycles. The molecule has 0 unspecified atom stereocenters. The van der Waals surface area contributed by atoms with Crippen LogP contribution in [0.15, 0.2) is 60.7 Å². The molecule has 0 aliphatic heterocycles. The van der Waals surface area contributed by atoms with E-state index in [1.165, 1.54) is 6.08 Å². The summed E-state index contributed by atoms with van der Waals surface area (Å²) < 4.78 is 0. The largest absolute Gasteiger partial charge is 0.344 e. The van der Waals surface area contributed by atoms with Crippen LogP contribution in [0.25, 0.3) is 6.08 Å². The van der Waals surface area contributed by atoms with Gasteiger partial charge >= 0.3 is 0 Å². The molecule has 0 aliphatic carbocycles. The van der Waals surface area contributed by atoms with Gasteiger partial charge in [0.1, 0.15) is 0 Å². The molecule has 0 saturated heterocycles. The Balaban J connectivity index is 2.03. The van der Waals surface area contributed by atoms with Gasteiger partial charge in [-0.1, -0.05) is 42.5 Å². The zero-order chi connectivity index (χ0) is 16.0. The first-order chi connectivity index (χ1) is 10.5. The minimum atomic E-state index is -0.437. The van der Waals surface area contributed by atoms with Crippen LogP contribution in [0.5, 0.6) is 0 Å². The van der Waals surface area contributed by atoms with Crippen LogP contribution < -0.4 is 5.32 Å². The smallest absolute Gasteiger partial charge is 0.244 e. The average Bonchev–Trinajstić information content (AvgIpc) is 2.54. The molecule has 1 N–H and O–H groups in total. The van der Waals surface area contributed by atoms with Crippen LogP contribution in [0.4, 0.5) is 0 Å². The van der Waals surface area contributed by atoms with Gasteiger partial charge in [-0.3, -0.25) is 4.79 Å². The van der Waals surface area contributed by atoms with Crippen LogP contribution in [0, 0.1) is 11.3 Å². The molecule has 1 amide bonds. The molecule has 0 radical (unpaired) electrons. The fourth-order valence-corrected chi connectivity index (χ4v) is 2.12. The number of nitrogens with one attached hydrogen (secondary N) is 1. The van der Waals surface area contributed by atoms with Crippen LogP contribution in [-0.4, -0.2) is 5.91 Å². The molecule has 0 aromatic heterocycles. The van der Waals surface area contributed by atoms with E-state index < -0.39 is 5.54 Å². The maximum absolute atomic E-state index is 12.1. The van der Waals surface area contributed by atoms with E-state index in [0.29, 0.717) is 5.56 Å². The predicted molar refractivity (Wildman–Crippen MR) is 87.8 cm³/mol. The normalized spacial score (nSPS) is 11.1. The molecular weight excluding hydrogens is 272 g/mol. The molecule has 0 spiro atoms. The van der Waals surface area contributed by atoms with Gasteiger partial charge in [0.15, 0.2) is 0 Å². The van der Waals surface area contributed by atoms with Crippen molar-refractivity contribution in [3.05, 3.63) is 77.4 Å². The fraction of sp³-hybridized carbons (Fsp3) is 0.158. The number of carbonyl (C=O) groups excluding carboxylic acids is 1. The average molecular weight is 290 g/mol. The molecule has 0 aliphatic rings. The quantitative estimate of drug-likeness (QED) is 0.874. The summed E-state index contributed by atoms with van der Waals surface area (Å²) in [6, 6.07) is 19.0. The Morgan fingerprint density at radius 3 is 2.32 bits per heavy atom. The van der Waals surface area contributed by atoms with Crippen LogP contribution in [0.2, 0.25) is 0 Å². The Hall–Kier alpha value is -2.86. The SMILES string of the molecule is CC(C)(NC(=O)/C=C/c1ccc(C#N)cc1)c1ccccc1. The summed E-state index contributed by atoms with van der Waals surface area (Å²) in [5.74, 6) is -0.154. The highest BCUT2D eigenvalue weighted by Crippen LogP contribution is 2.19. The first-order valence-corrected chi connectivity index (χ1v) is 7.07. The van der Waals surface area contributed by atoms with Crippen molar-refractivity contribution in [1.29, 1.82) is 5.26 Å². The highest BCUT2D eigenvalue weighted by Gasteiger charge is 2.21. The third-order valence-electron chi connectivity index (χ3n) is 3.40. The molecule has 0 fully saturated rings. The van der Waals surface area contributed by atoms with Crippen LogP contribution >= 0.6 is 0 Å². The third kappa shape index (κ3) is 4.07. The van der Waals surface area contributed by atoms with Gasteiger partial charge in [0, 0.05) is 6.08 Å². The van der Waals surface area contributed by atoms with Crippen molar-refractivity contribution in [2.24, 2.45) is 0 Å². The van der Waals surface area contributed by atoms with Gasteiger partial charge in [0.2, 0.25) is 5.91 Å². The summed E-state index contributed by atoms with van der Waals surface area (Å²) in [6.07, 6.45) is 3.24. The Labute approximate surface area is 130 Å². The van der Waals surface area contributed by atoms with E-state index in [1.807, 2.05) is 56.3 Å². The lowest BCUT2D eigenvalue weighted by Crippen LogP contribution is -2.40. The lowest BCUT2D eigenvalue weighted by molar-refractivity contribution is -0.118. The number of hydrogen-bond acceptors (Lipinski definition) is 2. The number of amides is 1. The second-order valence-corrected chi connectivity index (χ2v) is 5.55. The number of benzene rings is 2. The summed E-state index contributed by atoms with van der Waals surface area (Å²) in [4.78, 5) is 12.1. The van der Waals surface area contributed by atoms with E-state index in [-0.39, 0.29) is 5.91 Å². The van der Waals surface area contributed by atoms with Gasteiger partial charge in [-0.15, -0.1) is 0 Å². The van der Waals surface area contributed by atoms with Gasteiger partial charge in [0.05, 0.1) is 17.2 Å². The van der Waals surface area contributed by atoms with E-state index >= 15 is 0 Å². The molecule has 3 nitrogen and oxygen atoms in total. The molecule has 3 heteroatoms. The van der Waals surface area contributed by atoms with Crippen LogP contribution in [0.1, 0.15) is 30.5 Å². The van der Waals surface area contributed by atoms with Crippen molar-refractivity contribution in [2.75, 3.05) is 0 Å². The Morgan fingerprint density at radius 2 is 1.73 bits per heavy atom. The van der Waals surface area contributed by atoms with E-state index in [1.54, 1.807) is 18.2 Å². The van der Waals surface area contributed by atoms with Crippen LogP contribution in [0.3, 0.4) is 0 Å². The first-order valence-electron chi connectivity index (χ1n) is 7.07. The lowest BCUT2D eigenvalue weighted by atomic mass is 9.94. The van der Waals surface area contributed by atoms with E-state index in [4.69, 9.17) is 5.26 Å². The van der Waals surface area contributed by atoms with Crippen molar-refractivity contribution in [1.82, 2.24) is 5.32 Å². The van der Waals surface area contributed by atoms with Gasteiger partial charge in [-0.2, -0.15) is 5.26 Å². The van der Waals surface area contributed by atoms with Gasteiger partial charge < -0.3 is 5.32 Å². The summed E-state index contributed by atoms with van der Waals surface area (Å²) >= 11 is 0. The minimum Gasteiger partial charge on any atom is -0.344 e. The third-order valence-corrected chi connectivity index (χ3v) is 3.40. The Bertz CT molecular complexity index is 707. The van der Waals surface area contributed by atoms with E-state index in [2.05, 4.69) is 11.4 Å². The number of nitrogens with zero attached hydrogens (tertiary/aromatic N) is 1. The molecule has 0 saturated carbocycles. The zero-order valence-electron chi connectivity index (χ0n) is 12.7. The summed E-state index contributed by atoms with van der Waals surface area (Å²) in [5.41, 5.74) is 2.10. The Morgan fingerprint density at radius 1 is 1.09 bits per heavy atom. The van der Waals surface area contributed by atoms with Crippen molar-refractivity contribution in [3.63, 3.8) is 0 Å². The Kier molecular flexibility index (Phi) is 4.75. The molecule has 0 atom stereocenters. The summed E-state index contributed by atoms with van der Waals surface area (Å²) in [6.45, 7) is 3.94. The number of hydrogen-bond donors (Lipinski definition) is 1. The second-order valence-electron chi connectivity index (χ2n) is 5.55. The molecular formula is C19H18N2O. The van der Waals surface area contributed by atoms with Gasteiger partial charge in [-0.25, -0.2) is 0 Å². The number of nitriles is 1. The fourth-order valence-electron chi connectivity index (χ4n) is 2.12. The zero-order valence-corrected chi connectivity index (χ0v) is 12.7. The molecule has 0 bridgehead atoms. The maximum atomic E-state index is 12.1. The van der Waals surface area contributed by atoms with E-state index in [9.17, 15) is 4.79 Å². The topological polar surface area (TPSA) is 52.9 Å².